The van der Waals surface area contributed by atoms with Crippen molar-refractivity contribution in [3.05, 3.63) is 71.5 Å². The molecule has 3 aromatic rings. The summed E-state index contributed by atoms with van der Waals surface area (Å²) in [5, 5.41) is 10.3. The fourth-order valence-corrected chi connectivity index (χ4v) is 5.40. The van der Waals surface area contributed by atoms with Crippen LogP contribution >= 0.6 is 0 Å². The van der Waals surface area contributed by atoms with Crippen LogP contribution in [0.2, 0.25) is 0 Å². The highest BCUT2D eigenvalue weighted by molar-refractivity contribution is 7.89. The zero-order valence-electron chi connectivity index (χ0n) is 15.4. The van der Waals surface area contributed by atoms with Crippen LogP contribution < -0.4 is 0 Å². The maximum atomic E-state index is 13.1. The lowest BCUT2D eigenvalue weighted by Gasteiger charge is -2.23. The molecule has 0 fully saturated rings. The van der Waals surface area contributed by atoms with Gasteiger partial charge in [-0.1, -0.05) is 6.07 Å². The SMILES string of the molecule is O=C(c1cccc(O)c1)N1CC2=C(C1)CN(S(=O)(=O)c1ccc3occc3c1)C2. The molecular weight excluding hydrogens is 392 g/mol. The van der Waals surface area contributed by atoms with Gasteiger partial charge in [0.05, 0.1) is 11.2 Å². The molecule has 0 bridgehead atoms. The fraction of sp³-hybridized carbons (Fsp3) is 0.190. The number of fused-ring (bicyclic) bond motifs is 1. The molecule has 5 rings (SSSR count). The molecule has 0 atom stereocenters. The second-order valence-corrected chi connectivity index (χ2v) is 9.25. The minimum Gasteiger partial charge on any atom is -0.508 e. The van der Waals surface area contributed by atoms with Crippen LogP contribution in [-0.4, -0.2) is 54.8 Å². The van der Waals surface area contributed by atoms with Crippen molar-refractivity contribution < 1.29 is 22.7 Å². The Kier molecular flexibility index (Phi) is 4.01. The van der Waals surface area contributed by atoms with Crippen LogP contribution in [0, 0.1) is 0 Å². The number of phenolic OH excluding ortho intramolecular Hbond substituents is 1. The number of aromatic hydroxyl groups is 1. The number of furan rings is 1. The van der Waals surface area contributed by atoms with Gasteiger partial charge in [0.15, 0.2) is 0 Å². The Balaban J connectivity index is 1.31. The standard InChI is InChI=1S/C21H18N2O5S/c24-18-3-1-2-15(8-18)21(25)22-10-16-12-23(13-17(16)11-22)29(26,27)19-4-5-20-14(9-19)6-7-28-20/h1-9,24H,10-13H2. The average molecular weight is 410 g/mol. The number of phenols is 1. The predicted octanol–water partition coefficient (Wildman–Crippen LogP) is 2.60. The smallest absolute Gasteiger partial charge is 0.254 e. The Morgan fingerprint density at radius 2 is 1.72 bits per heavy atom. The molecular formula is C21H18N2O5S. The second-order valence-electron chi connectivity index (χ2n) is 7.31. The number of hydrogen-bond donors (Lipinski definition) is 1. The van der Waals surface area contributed by atoms with Gasteiger partial charge in [0.1, 0.15) is 11.3 Å². The molecule has 148 valence electrons. The van der Waals surface area contributed by atoms with Crippen molar-refractivity contribution in [3.63, 3.8) is 0 Å². The van der Waals surface area contributed by atoms with E-state index in [9.17, 15) is 18.3 Å². The summed E-state index contributed by atoms with van der Waals surface area (Å²) in [5.74, 6) is -0.127. The Morgan fingerprint density at radius 3 is 2.45 bits per heavy atom. The summed E-state index contributed by atoms with van der Waals surface area (Å²) < 4.78 is 32.9. The Labute approximate surface area is 167 Å². The van der Waals surface area contributed by atoms with E-state index in [0.717, 1.165) is 16.5 Å². The molecule has 0 radical (unpaired) electrons. The van der Waals surface area contributed by atoms with E-state index >= 15 is 0 Å². The van der Waals surface area contributed by atoms with Gasteiger partial charge in [-0.2, -0.15) is 4.31 Å². The van der Waals surface area contributed by atoms with Crippen LogP contribution in [0.1, 0.15) is 10.4 Å². The zero-order valence-corrected chi connectivity index (χ0v) is 16.2. The highest BCUT2D eigenvalue weighted by atomic mass is 32.2. The lowest BCUT2D eigenvalue weighted by Crippen LogP contribution is -2.36. The first-order chi connectivity index (χ1) is 13.9. The van der Waals surface area contributed by atoms with E-state index in [1.165, 1.54) is 22.7 Å². The number of nitrogens with zero attached hydrogens (tertiary/aromatic N) is 2. The van der Waals surface area contributed by atoms with Crippen molar-refractivity contribution in [2.24, 2.45) is 0 Å². The normalized spacial score (nSPS) is 17.3. The number of rotatable bonds is 3. The minimum atomic E-state index is -3.63. The molecule has 2 aromatic carbocycles. The van der Waals surface area contributed by atoms with Gasteiger partial charge in [-0.15, -0.1) is 0 Å². The molecule has 0 unspecified atom stereocenters. The van der Waals surface area contributed by atoms with Crippen LogP contribution in [-0.2, 0) is 10.0 Å². The van der Waals surface area contributed by atoms with Gasteiger partial charge in [0, 0.05) is 37.1 Å². The van der Waals surface area contributed by atoms with E-state index in [4.69, 9.17) is 4.42 Å². The maximum Gasteiger partial charge on any atom is 0.254 e. The van der Waals surface area contributed by atoms with Crippen LogP contribution in [0.3, 0.4) is 0 Å². The summed E-state index contributed by atoms with van der Waals surface area (Å²) in [7, 11) is -3.63. The summed E-state index contributed by atoms with van der Waals surface area (Å²) in [6.07, 6.45) is 1.53. The lowest BCUT2D eigenvalue weighted by atomic mass is 10.2. The number of carbonyl (C=O) groups excluding carboxylic acids is 1. The predicted molar refractivity (Wildman–Crippen MR) is 106 cm³/mol. The van der Waals surface area contributed by atoms with E-state index in [0.29, 0.717) is 24.2 Å². The lowest BCUT2D eigenvalue weighted by molar-refractivity contribution is 0.0792. The first-order valence-electron chi connectivity index (χ1n) is 9.17. The van der Waals surface area contributed by atoms with E-state index in [1.807, 2.05) is 0 Å². The molecule has 0 saturated heterocycles. The molecule has 1 aromatic heterocycles. The molecule has 1 amide bonds. The van der Waals surface area contributed by atoms with Gasteiger partial charge < -0.3 is 14.4 Å². The maximum absolute atomic E-state index is 13.1. The Morgan fingerprint density at radius 1 is 0.966 bits per heavy atom. The molecule has 0 saturated carbocycles. The highest BCUT2D eigenvalue weighted by Gasteiger charge is 2.37. The van der Waals surface area contributed by atoms with Gasteiger partial charge in [0.2, 0.25) is 10.0 Å². The van der Waals surface area contributed by atoms with Crippen LogP contribution in [0.15, 0.2) is 75.3 Å². The van der Waals surface area contributed by atoms with E-state index in [2.05, 4.69) is 0 Å². The summed E-state index contributed by atoms with van der Waals surface area (Å²) >= 11 is 0. The van der Waals surface area contributed by atoms with E-state index in [1.54, 1.807) is 41.3 Å². The van der Waals surface area contributed by atoms with Gasteiger partial charge in [-0.25, -0.2) is 8.42 Å². The van der Waals surface area contributed by atoms with Crippen molar-refractivity contribution in [2.75, 3.05) is 26.2 Å². The molecule has 0 aliphatic carbocycles. The number of benzene rings is 2. The first-order valence-corrected chi connectivity index (χ1v) is 10.6. The number of hydrogen-bond acceptors (Lipinski definition) is 5. The molecule has 7 nitrogen and oxygen atoms in total. The molecule has 0 spiro atoms. The molecule has 3 heterocycles. The zero-order chi connectivity index (χ0) is 20.2. The van der Waals surface area contributed by atoms with Gasteiger partial charge in [-0.05, 0) is 53.6 Å². The number of sulfonamides is 1. The summed E-state index contributed by atoms with van der Waals surface area (Å²) in [6.45, 7) is 1.36. The summed E-state index contributed by atoms with van der Waals surface area (Å²) in [4.78, 5) is 14.6. The van der Waals surface area contributed by atoms with E-state index < -0.39 is 10.0 Å². The fourth-order valence-electron chi connectivity index (χ4n) is 3.93. The average Bonchev–Trinajstić information content (AvgIpc) is 3.41. The summed E-state index contributed by atoms with van der Waals surface area (Å²) in [6, 6.07) is 12.8. The largest absolute Gasteiger partial charge is 0.508 e. The third-order valence-corrected chi connectivity index (χ3v) is 7.23. The molecule has 29 heavy (non-hydrogen) atoms. The van der Waals surface area contributed by atoms with Crippen molar-refractivity contribution in [3.8, 4) is 5.75 Å². The molecule has 2 aliphatic heterocycles. The Bertz CT molecular complexity index is 1260. The van der Waals surface area contributed by atoms with Gasteiger partial charge in [-0.3, -0.25) is 4.79 Å². The molecule has 8 heteroatoms. The second kappa shape index (κ2) is 6.47. The van der Waals surface area contributed by atoms with Gasteiger partial charge in [0.25, 0.3) is 5.91 Å². The van der Waals surface area contributed by atoms with Crippen molar-refractivity contribution in [1.82, 2.24) is 9.21 Å². The number of carbonyl (C=O) groups is 1. The van der Waals surface area contributed by atoms with Gasteiger partial charge >= 0.3 is 0 Å². The molecule has 2 aliphatic rings. The highest BCUT2D eigenvalue weighted by Crippen LogP contribution is 2.31. The quantitative estimate of drug-likeness (QED) is 0.670. The van der Waals surface area contributed by atoms with Crippen LogP contribution in [0.5, 0.6) is 5.75 Å². The van der Waals surface area contributed by atoms with Crippen molar-refractivity contribution in [1.29, 1.82) is 0 Å². The minimum absolute atomic E-state index is 0.0439. The van der Waals surface area contributed by atoms with Crippen LogP contribution in [0.25, 0.3) is 11.0 Å². The van der Waals surface area contributed by atoms with E-state index in [-0.39, 0.29) is 29.6 Å². The monoisotopic (exact) mass is 410 g/mol. The topological polar surface area (TPSA) is 91.1 Å². The summed E-state index contributed by atoms with van der Waals surface area (Å²) in [5.41, 5.74) is 2.99. The number of amides is 1. The first kappa shape index (κ1) is 18.0. The molecule has 1 N–H and O–H groups in total. The van der Waals surface area contributed by atoms with Crippen molar-refractivity contribution in [2.45, 2.75) is 4.90 Å². The Hall–Kier alpha value is -3.10. The van der Waals surface area contributed by atoms with Crippen LogP contribution in [0.4, 0.5) is 0 Å². The third kappa shape index (κ3) is 3.01. The third-order valence-electron chi connectivity index (χ3n) is 5.44. The van der Waals surface area contributed by atoms with Crippen molar-refractivity contribution >= 4 is 26.9 Å².